The quantitative estimate of drug-likeness (QED) is 0.530. The lowest BCUT2D eigenvalue weighted by molar-refractivity contribution is 0.314. The highest BCUT2D eigenvalue weighted by molar-refractivity contribution is 7.53. The van der Waals surface area contributed by atoms with Crippen LogP contribution in [-0.2, 0) is 31.0 Å². The molecule has 7 nitrogen and oxygen atoms in total. The van der Waals surface area contributed by atoms with Gasteiger partial charge >= 0.3 is 15.2 Å². The van der Waals surface area contributed by atoms with E-state index in [4.69, 9.17) is 4.42 Å². The molecule has 2 N–H and O–H groups in total. The molecule has 2 unspecified atom stereocenters. The van der Waals surface area contributed by atoms with Gasteiger partial charge in [-0.2, -0.15) is 0 Å². The number of fused-ring (bicyclic) bond motifs is 3. The molecule has 0 bridgehead atoms. The Morgan fingerprint density at radius 2 is 1.22 bits per heavy atom. The fourth-order valence-electron chi connectivity index (χ4n) is 2.91. The van der Waals surface area contributed by atoms with Crippen LogP contribution in [0.1, 0.15) is 11.1 Å². The molecule has 0 amide bonds. The van der Waals surface area contributed by atoms with E-state index in [1.165, 1.54) is 14.2 Å². The van der Waals surface area contributed by atoms with Gasteiger partial charge in [0.25, 0.3) is 0 Å². The minimum Gasteiger partial charge on any atom is -0.456 e. The Balaban J connectivity index is 1.90. The molecule has 0 radical (unpaired) electrons. The summed E-state index contributed by atoms with van der Waals surface area (Å²) in [5.74, 6) is 0. The second kappa shape index (κ2) is 7.88. The standard InChI is InChI=1S/C18H22O7P2/c1-23-26(19,20)9-7-13-3-5-17-15(11-13)16-12-14(4-6-18(16)25-17)8-10-27(21,22)24-2/h3-6,11-12H,7-10H2,1-2H3,(H,19,20)(H,21,22). The second-order valence-electron chi connectivity index (χ2n) is 6.35. The first-order chi connectivity index (χ1) is 12.7. The molecule has 2 aromatic carbocycles. The van der Waals surface area contributed by atoms with Gasteiger partial charge in [0.2, 0.25) is 0 Å². The summed E-state index contributed by atoms with van der Waals surface area (Å²) in [4.78, 5) is 19.1. The van der Waals surface area contributed by atoms with Crippen LogP contribution in [0.25, 0.3) is 21.9 Å². The van der Waals surface area contributed by atoms with Gasteiger partial charge < -0.3 is 23.3 Å². The van der Waals surface area contributed by atoms with Crippen LogP contribution in [-0.4, -0.2) is 36.3 Å². The predicted octanol–water partition coefficient (Wildman–Crippen LogP) is 4.33. The van der Waals surface area contributed by atoms with Crippen LogP contribution >= 0.6 is 15.2 Å². The van der Waals surface area contributed by atoms with Crippen molar-refractivity contribution in [1.82, 2.24) is 0 Å². The molecule has 3 aromatic rings. The minimum atomic E-state index is -3.55. The highest BCUT2D eigenvalue weighted by Crippen LogP contribution is 2.42. The van der Waals surface area contributed by atoms with Crippen LogP contribution in [0.2, 0.25) is 0 Å². The Labute approximate surface area is 157 Å². The Morgan fingerprint density at radius 1 is 0.815 bits per heavy atom. The molecular weight excluding hydrogens is 390 g/mol. The molecule has 0 aliphatic carbocycles. The predicted molar refractivity (Wildman–Crippen MR) is 105 cm³/mol. The molecule has 0 aliphatic heterocycles. The number of hydrogen-bond donors (Lipinski definition) is 2. The van der Waals surface area contributed by atoms with Crippen LogP contribution in [0, 0.1) is 0 Å². The highest BCUT2D eigenvalue weighted by Gasteiger charge is 2.18. The maximum absolute atomic E-state index is 11.7. The Hall–Kier alpha value is -1.46. The van der Waals surface area contributed by atoms with Crippen LogP contribution in [0.3, 0.4) is 0 Å². The average Bonchev–Trinajstić information content (AvgIpc) is 3.02. The monoisotopic (exact) mass is 412 g/mol. The van der Waals surface area contributed by atoms with Crippen molar-refractivity contribution in [2.24, 2.45) is 0 Å². The Kier molecular flexibility index (Phi) is 5.92. The summed E-state index contributed by atoms with van der Waals surface area (Å²) < 4.78 is 38.4. The fraction of sp³-hybridized carbons (Fsp3) is 0.333. The molecular formula is C18H22O7P2. The first-order valence-corrected chi connectivity index (χ1v) is 11.9. The van der Waals surface area contributed by atoms with E-state index in [2.05, 4.69) is 9.05 Å². The smallest absolute Gasteiger partial charge is 0.328 e. The molecule has 0 saturated heterocycles. The molecule has 3 rings (SSSR count). The van der Waals surface area contributed by atoms with Gasteiger partial charge in [-0.05, 0) is 48.2 Å². The van der Waals surface area contributed by atoms with Crippen molar-refractivity contribution >= 4 is 37.1 Å². The summed E-state index contributed by atoms with van der Waals surface area (Å²) in [6, 6.07) is 11.3. The zero-order valence-corrected chi connectivity index (χ0v) is 16.9. The van der Waals surface area contributed by atoms with E-state index in [0.717, 1.165) is 33.1 Å². The maximum Gasteiger partial charge on any atom is 0.328 e. The second-order valence-corrected chi connectivity index (χ2v) is 10.5. The van der Waals surface area contributed by atoms with Crippen molar-refractivity contribution in [3.05, 3.63) is 47.5 Å². The summed E-state index contributed by atoms with van der Waals surface area (Å²) in [6.07, 6.45) is 0.897. The van der Waals surface area contributed by atoms with Crippen LogP contribution in [0.4, 0.5) is 0 Å². The topological polar surface area (TPSA) is 106 Å². The molecule has 9 heteroatoms. The Morgan fingerprint density at radius 3 is 1.59 bits per heavy atom. The van der Waals surface area contributed by atoms with Gasteiger partial charge in [-0.3, -0.25) is 9.13 Å². The van der Waals surface area contributed by atoms with Crippen molar-refractivity contribution in [1.29, 1.82) is 0 Å². The fourth-order valence-corrected chi connectivity index (χ4v) is 4.35. The molecule has 0 saturated carbocycles. The molecule has 0 aliphatic rings. The Bertz CT molecular complexity index is 974. The number of furan rings is 1. The summed E-state index contributed by atoms with van der Waals surface area (Å²) in [5, 5.41) is 1.79. The summed E-state index contributed by atoms with van der Waals surface area (Å²) in [6.45, 7) is 0. The lowest BCUT2D eigenvalue weighted by Crippen LogP contribution is -1.96. The third-order valence-corrected chi connectivity index (χ3v) is 7.25. The van der Waals surface area contributed by atoms with E-state index in [1.807, 2.05) is 36.4 Å². The highest BCUT2D eigenvalue weighted by atomic mass is 31.2. The van der Waals surface area contributed by atoms with Gasteiger partial charge in [0.05, 0.1) is 12.3 Å². The van der Waals surface area contributed by atoms with Gasteiger partial charge in [0.15, 0.2) is 0 Å². The number of benzene rings is 2. The van der Waals surface area contributed by atoms with Crippen LogP contribution < -0.4 is 0 Å². The minimum absolute atomic E-state index is 0.0405. The van der Waals surface area contributed by atoms with Gasteiger partial charge in [-0.1, -0.05) is 12.1 Å². The van der Waals surface area contributed by atoms with Gasteiger partial charge in [0, 0.05) is 25.0 Å². The SMILES string of the molecule is COP(=O)(O)CCc1ccc2oc3ccc(CCP(=O)(O)OC)cc3c2c1. The van der Waals surface area contributed by atoms with Gasteiger partial charge in [0.1, 0.15) is 11.2 Å². The van der Waals surface area contributed by atoms with E-state index in [-0.39, 0.29) is 12.3 Å². The molecule has 0 fully saturated rings. The summed E-state index contributed by atoms with van der Waals surface area (Å²) >= 11 is 0. The molecule has 2 atom stereocenters. The van der Waals surface area contributed by atoms with E-state index in [1.54, 1.807) is 0 Å². The third kappa shape index (κ3) is 4.88. The van der Waals surface area contributed by atoms with Gasteiger partial charge in [-0.25, -0.2) is 0 Å². The third-order valence-electron chi connectivity index (χ3n) is 4.53. The van der Waals surface area contributed by atoms with Crippen molar-refractivity contribution in [3.8, 4) is 0 Å². The first kappa shape index (κ1) is 20.3. The average molecular weight is 412 g/mol. The van der Waals surface area contributed by atoms with Crippen LogP contribution in [0.15, 0.2) is 40.8 Å². The summed E-state index contributed by atoms with van der Waals surface area (Å²) in [7, 11) is -4.66. The van der Waals surface area contributed by atoms with Crippen molar-refractivity contribution < 1.29 is 32.4 Å². The number of rotatable bonds is 8. The maximum atomic E-state index is 11.7. The lowest BCUT2D eigenvalue weighted by atomic mass is 10.1. The first-order valence-electron chi connectivity index (χ1n) is 8.42. The van der Waals surface area contributed by atoms with E-state index in [0.29, 0.717) is 12.8 Å². The molecule has 0 spiro atoms. The zero-order valence-electron chi connectivity index (χ0n) is 15.1. The van der Waals surface area contributed by atoms with Crippen molar-refractivity contribution in [2.75, 3.05) is 26.5 Å². The molecule has 27 heavy (non-hydrogen) atoms. The van der Waals surface area contributed by atoms with E-state index in [9.17, 15) is 18.9 Å². The van der Waals surface area contributed by atoms with E-state index < -0.39 is 15.2 Å². The zero-order chi connectivity index (χ0) is 19.7. The molecule has 1 aromatic heterocycles. The number of aryl methyl sites for hydroxylation is 2. The number of hydrogen-bond acceptors (Lipinski definition) is 5. The molecule has 146 valence electrons. The summed E-state index contributed by atoms with van der Waals surface area (Å²) in [5.41, 5.74) is 3.24. The van der Waals surface area contributed by atoms with E-state index >= 15 is 0 Å². The largest absolute Gasteiger partial charge is 0.456 e. The van der Waals surface area contributed by atoms with Crippen molar-refractivity contribution in [2.45, 2.75) is 12.8 Å². The normalized spacial score (nSPS) is 16.4. The van der Waals surface area contributed by atoms with Crippen molar-refractivity contribution in [3.63, 3.8) is 0 Å². The lowest BCUT2D eigenvalue weighted by Gasteiger charge is -2.08. The molecule has 1 heterocycles. The van der Waals surface area contributed by atoms with Gasteiger partial charge in [-0.15, -0.1) is 0 Å². The van der Waals surface area contributed by atoms with Crippen LogP contribution in [0.5, 0.6) is 0 Å².